The summed E-state index contributed by atoms with van der Waals surface area (Å²) in [4.78, 5) is 6.04. The van der Waals surface area contributed by atoms with E-state index in [1.54, 1.807) is 5.57 Å². The van der Waals surface area contributed by atoms with Crippen LogP contribution in [0.25, 0.3) is 21.8 Å². The van der Waals surface area contributed by atoms with E-state index in [2.05, 4.69) is 58.4 Å². The molecule has 1 aromatic heterocycles. The molecule has 0 aliphatic carbocycles. The summed E-state index contributed by atoms with van der Waals surface area (Å²) >= 11 is 0. The number of nitrogens with one attached hydrogen (secondary N) is 1. The molecule has 0 radical (unpaired) electrons. The molecule has 4 heteroatoms. The lowest BCUT2D eigenvalue weighted by molar-refractivity contribution is 0.160. The molecule has 0 saturated carbocycles. The van der Waals surface area contributed by atoms with Gasteiger partial charge in [-0.2, -0.15) is 0 Å². The average Bonchev–Trinajstić information content (AvgIpc) is 3.00. The lowest BCUT2D eigenvalue weighted by Crippen LogP contribution is -2.43. The summed E-state index contributed by atoms with van der Waals surface area (Å²) in [6.07, 6.45) is 4.96. The Hall–Kier alpha value is -2.20. The highest BCUT2D eigenvalue weighted by Gasteiger charge is 2.28. The topological polar surface area (TPSA) is 28.3 Å². The van der Waals surface area contributed by atoms with Crippen LogP contribution in [0.5, 0.6) is 5.75 Å². The number of hydrogen-bond donors (Lipinski definition) is 1. The molecule has 0 spiro atoms. The third kappa shape index (κ3) is 2.95. The molecular weight excluding hydrogens is 307 g/mol. The Morgan fingerprint density at radius 3 is 2.64 bits per heavy atom. The Balaban J connectivity index is 0.00000157. The number of H-pyrrole nitrogens is 1. The zero-order valence-electron chi connectivity index (χ0n) is 13.8. The van der Waals surface area contributed by atoms with Crippen LogP contribution >= 0.6 is 0 Å². The van der Waals surface area contributed by atoms with E-state index < -0.39 is 0 Å². The second kappa shape index (κ2) is 6.60. The number of nitrogens with zero attached hydrogens (tertiary/aromatic N) is 1. The van der Waals surface area contributed by atoms with Crippen molar-refractivity contribution in [2.75, 3.05) is 26.2 Å². The van der Waals surface area contributed by atoms with E-state index >= 15 is 0 Å². The van der Waals surface area contributed by atoms with Crippen molar-refractivity contribution < 1.29 is 4.74 Å². The van der Waals surface area contributed by atoms with Gasteiger partial charge in [-0.05, 0) is 56.1 Å². The molecule has 3 saturated heterocycles. The van der Waals surface area contributed by atoms with Gasteiger partial charge >= 0.3 is 0 Å². The summed E-state index contributed by atoms with van der Waals surface area (Å²) in [6, 6.07) is 14.8. The number of piperidine rings is 3. The zero-order chi connectivity index (χ0) is 15.9. The van der Waals surface area contributed by atoms with Crippen LogP contribution in [-0.2, 0) is 0 Å². The SMILES string of the molecule is B.C(COc1ccc2c(c1)[nH]c1ccccc12)=C1CN2CCC1CC2. The maximum Gasteiger partial charge on any atom is 0.121 e. The van der Waals surface area contributed by atoms with Crippen LogP contribution in [0.4, 0.5) is 0 Å². The van der Waals surface area contributed by atoms with Crippen LogP contribution in [0.3, 0.4) is 0 Å². The maximum absolute atomic E-state index is 6.01. The van der Waals surface area contributed by atoms with Crippen molar-refractivity contribution in [3.05, 3.63) is 54.1 Å². The summed E-state index contributed by atoms with van der Waals surface area (Å²) in [5, 5.41) is 2.53. The molecule has 3 fully saturated rings. The molecule has 128 valence electrons. The number of para-hydroxylation sites is 1. The van der Waals surface area contributed by atoms with Crippen molar-refractivity contribution >= 4 is 30.2 Å². The Morgan fingerprint density at radius 2 is 1.84 bits per heavy atom. The smallest absolute Gasteiger partial charge is 0.121 e. The van der Waals surface area contributed by atoms with Crippen LogP contribution in [-0.4, -0.2) is 44.5 Å². The molecule has 2 bridgehead atoms. The molecule has 3 aliphatic rings. The highest BCUT2D eigenvalue weighted by Crippen LogP contribution is 2.32. The van der Waals surface area contributed by atoms with Gasteiger partial charge in [0.2, 0.25) is 0 Å². The second-order valence-corrected chi connectivity index (χ2v) is 7.02. The fourth-order valence-electron chi connectivity index (χ4n) is 4.25. The van der Waals surface area contributed by atoms with Gasteiger partial charge in [0.25, 0.3) is 0 Å². The minimum absolute atomic E-state index is 0. The van der Waals surface area contributed by atoms with Crippen molar-refractivity contribution in [3.8, 4) is 5.75 Å². The molecule has 1 N–H and O–H groups in total. The van der Waals surface area contributed by atoms with Crippen molar-refractivity contribution in [3.63, 3.8) is 0 Å². The van der Waals surface area contributed by atoms with Crippen molar-refractivity contribution in [1.82, 2.24) is 9.88 Å². The van der Waals surface area contributed by atoms with Crippen molar-refractivity contribution in [1.29, 1.82) is 0 Å². The van der Waals surface area contributed by atoms with Gasteiger partial charge in [0.15, 0.2) is 0 Å². The van der Waals surface area contributed by atoms with Gasteiger partial charge < -0.3 is 9.72 Å². The number of benzene rings is 2. The first-order valence-corrected chi connectivity index (χ1v) is 8.91. The summed E-state index contributed by atoms with van der Waals surface area (Å²) in [5.74, 6) is 1.74. The Morgan fingerprint density at radius 1 is 1.04 bits per heavy atom. The first-order chi connectivity index (χ1) is 11.9. The highest BCUT2D eigenvalue weighted by molar-refractivity contribution is 6.07. The molecule has 0 unspecified atom stereocenters. The normalized spacial score (nSPS) is 23.9. The predicted octanol–water partition coefficient (Wildman–Crippen LogP) is 3.17. The molecule has 3 aromatic rings. The summed E-state index contributed by atoms with van der Waals surface area (Å²) in [6.45, 7) is 4.38. The van der Waals surface area contributed by atoms with Gasteiger partial charge in [-0.25, -0.2) is 0 Å². The van der Waals surface area contributed by atoms with E-state index in [0.29, 0.717) is 6.61 Å². The molecular formula is C21H25BN2O. The lowest BCUT2D eigenvalue weighted by Gasteiger charge is -2.41. The summed E-state index contributed by atoms with van der Waals surface area (Å²) in [7, 11) is 0. The molecule has 2 aromatic carbocycles. The standard InChI is InChI=1S/C21H22N2O.BH3/c1-2-4-20-18(3-1)19-6-5-17(13-21(19)22-20)24-12-9-16-14-23-10-7-15(16)8-11-23;/h1-6,9,13,15,22H,7-8,10-12,14H2;1H3. The Labute approximate surface area is 150 Å². The van der Waals surface area contributed by atoms with Gasteiger partial charge in [0.1, 0.15) is 12.4 Å². The fourth-order valence-corrected chi connectivity index (χ4v) is 4.25. The largest absolute Gasteiger partial charge is 0.489 e. The molecule has 0 amide bonds. The first-order valence-electron chi connectivity index (χ1n) is 8.91. The van der Waals surface area contributed by atoms with Crippen LogP contribution < -0.4 is 4.74 Å². The van der Waals surface area contributed by atoms with Crippen molar-refractivity contribution in [2.45, 2.75) is 12.8 Å². The van der Waals surface area contributed by atoms with E-state index in [1.807, 2.05) is 0 Å². The number of aromatic nitrogens is 1. The van der Waals surface area contributed by atoms with E-state index in [0.717, 1.165) is 23.7 Å². The van der Waals surface area contributed by atoms with Crippen LogP contribution in [0.15, 0.2) is 54.1 Å². The molecule has 0 atom stereocenters. The predicted molar refractivity (Wildman–Crippen MR) is 108 cm³/mol. The highest BCUT2D eigenvalue weighted by atomic mass is 16.5. The fraction of sp³-hybridized carbons (Fsp3) is 0.333. The molecule has 25 heavy (non-hydrogen) atoms. The quantitative estimate of drug-likeness (QED) is 0.589. The monoisotopic (exact) mass is 332 g/mol. The van der Waals surface area contributed by atoms with E-state index in [9.17, 15) is 0 Å². The van der Waals surface area contributed by atoms with Gasteiger partial charge in [0, 0.05) is 28.9 Å². The van der Waals surface area contributed by atoms with Gasteiger partial charge in [0.05, 0.1) is 13.9 Å². The zero-order valence-corrected chi connectivity index (χ0v) is 13.8. The average molecular weight is 332 g/mol. The molecule has 3 aliphatic heterocycles. The Bertz CT molecular complexity index is 922. The van der Waals surface area contributed by atoms with Crippen LogP contribution in [0, 0.1) is 5.92 Å². The van der Waals surface area contributed by atoms with Crippen LogP contribution in [0.1, 0.15) is 12.8 Å². The summed E-state index contributed by atoms with van der Waals surface area (Å²) in [5.41, 5.74) is 3.91. The maximum atomic E-state index is 6.01. The molecule has 4 heterocycles. The summed E-state index contributed by atoms with van der Waals surface area (Å²) < 4.78 is 6.01. The third-order valence-electron chi connectivity index (χ3n) is 5.59. The minimum atomic E-state index is 0. The van der Waals surface area contributed by atoms with Crippen molar-refractivity contribution in [2.24, 2.45) is 5.92 Å². The number of ether oxygens (including phenoxy) is 1. The minimum Gasteiger partial charge on any atom is -0.489 e. The number of aromatic amines is 1. The Kier molecular flexibility index (Phi) is 4.30. The van der Waals surface area contributed by atoms with Gasteiger partial charge in [-0.15, -0.1) is 0 Å². The van der Waals surface area contributed by atoms with Crippen LogP contribution in [0.2, 0.25) is 0 Å². The number of fused-ring (bicyclic) bond motifs is 6. The third-order valence-corrected chi connectivity index (χ3v) is 5.59. The van der Waals surface area contributed by atoms with Gasteiger partial charge in [-0.1, -0.05) is 23.8 Å². The molecule has 3 nitrogen and oxygen atoms in total. The van der Waals surface area contributed by atoms with Gasteiger partial charge in [-0.3, -0.25) is 4.90 Å². The lowest BCUT2D eigenvalue weighted by atomic mass is 9.84. The molecule has 6 rings (SSSR count). The van der Waals surface area contributed by atoms with E-state index in [1.165, 1.54) is 42.2 Å². The van der Waals surface area contributed by atoms with E-state index in [-0.39, 0.29) is 8.41 Å². The number of hydrogen-bond acceptors (Lipinski definition) is 2. The number of rotatable bonds is 3. The van der Waals surface area contributed by atoms with E-state index in [4.69, 9.17) is 4.74 Å². The first kappa shape index (κ1) is 16.3. The second-order valence-electron chi connectivity index (χ2n) is 7.02.